The molecule has 3 aliphatic heterocycles. The second-order valence-electron chi connectivity index (χ2n) is 11.9. The lowest BCUT2D eigenvalue weighted by molar-refractivity contribution is -0.137. The summed E-state index contributed by atoms with van der Waals surface area (Å²) in [7, 11) is 1.57. The van der Waals surface area contributed by atoms with Gasteiger partial charge in [-0.15, -0.1) is 11.8 Å². The molecule has 14 heteroatoms. The van der Waals surface area contributed by atoms with Gasteiger partial charge in [-0.25, -0.2) is 9.18 Å². The molecule has 45 heavy (non-hydrogen) atoms. The second-order valence-corrected chi connectivity index (χ2v) is 12.9. The van der Waals surface area contributed by atoms with Crippen molar-refractivity contribution in [3.63, 3.8) is 0 Å². The van der Waals surface area contributed by atoms with Crippen LogP contribution in [0.25, 0.3) is 32.9 Å². The Labute approximate surface area is 260 Å². The molecule has 0 amide bonds. The number of likely N-dealkylation sites (tertiary alicyclic amines) is 1. The van der Waals surface area contributed by atoms with Crippen molar-refractivity contribution < 1.29 is 22.7 Å². The van der Waals surface area contributed by atoms with Crippen molar-refractivity contribution in [2.75, 3.05) is 56.5 Å². The molecule has 2 fully saturated rings. The van der Waals surface area contributed by atoms with Crippen LogP contribution in [0.1, 0.15) is 24.4 Å². The Hall–Kier alpha value is -3.46. The van der Waals surface area contributed by atoms with Gasteiger partial charge in [-0.3, -0.25) is 14.1 Å². The smallest absolute Gasteiger partial charge is 0.375 e. The number of thioether (sulfide) groups is 1. The molecular weight excluding hydrogens is 610 g/mol. The first-order valence-electron chi connectivity index (χ1n) is 15.0. The van der Waals surface area contributed by atoms with Gasteiger partial charge in [0.15, 0.2) is 0 Å². The number of hydrogen-bond donors (Lipinski definition) is 1. The maximum atomic E-state index is 15.1. The third-order valence-electron chi connectivity index (χ3n) is 9.22. The highest BCUT2D eigenvalue weighted by molar-refractivity contribution is 7.99. The van der Waals surface area contributed by atoms with Gasteiger partial charge in [-0.1, -0.05) is 6.58 Å². The number of aryl methyl sites for hydroxylation is 1. The number of aliphatic hydroxyl groups excluding tert-OH is 1. The summed E-state index contributed by atoms with van der Waals surface area (Å²) in [5.74, 6) is 0.0126. The van der Waals surface area contributed by atoms with Crippen LogP contribution in [-0.4, -0.2) is 92.0 Å². The van der Waals surface area contributed by atoms with Gasteiger partial charge >= 0.3 is 11.9 Å². The molecule has 1 N–H and O–H groups in total. The number of aliphatic hydroxyl groups is 1. The van der Waals surface area contributed by atoms with Gasteiger partial charge in [0, 0.05) is 66.9 Å². The van der Waals surface area contributed by atoms with E-state index in [0.29, 0.717) is 48.9 Å². The molecule has 238 valence electrons. The summed E-state index contributed by atoms with van der Waals surface area (Å²) in [5.41, 5.74) is -0.605. The van der Waals surface area contributed by atoms with Crippen molar-refractivity contribution in [2.24, 2.45) is 7.05 Å². The van der Waals surface area contributed by atoms with E-state index in [1.807, 2.05) is 4.90 Å². The largest absolute Gasteiger partial charge is 0.417 e. The van der Waals surface area contributed by atoms with Crippen molar-refractivity contribution in [1.82, 2.24) is 29.1 Å². The topological polar surface area (TPSA) is 82.7 Å². The molecule has 0 saturated carbocycles. The normalized spacial score (nSPS) is 20.4. The van der Waals surface area contributed by atoms with Crippen molar-refractivity contribution in [1.29, 1.82) is 0 Å². The molecule has 9 nitrogen and oxygen atoms in total. The SMILES string of the molecule is C=CC(O)N1CCN(c2nc(=O)n3c4c(c(-c5ccc(F)c6cnn(C)c56)c(C(F)(F)F)cc24)SCC3CN2CCCC2)CC1. The van der Waals surface area contributed by atoms with E-state index in [0.717, 1.165) is 32.0 Å². The van der Waals surface area contributed by atoms with Gasteiger partial charge in [-0.2, -0.15) is 23.3 Å². The van der Waals surface area contributed by atoms with Gasteiger partial charge in [0.05, 0.1) is 34.2 Å². The molecule has 2 aromatic carbocycles. The molecule has 0 aliphatic carbocycles. The van der Waals surface area contributed by atoms with E-state index < -0.39 is 29.5 Å². The van der Waals surface area contributed by atoms with Crippen LogP contribution in [0.4, 0.5) is 23.4 Å². The van der Waals surface area contributed by atoms with E-state index in [-0.39, 0.29) is 39.3 Å². The molecule has 3 aliphatic rings. The van der Waals surface area contributed by atoms with E-state index in [2.05, 4.69) is 21.6 Å². The fourth-order valence-electron chi connectivity index (χ4n) is 7.03. The number of anilines is 1. The molecule has 2 saturated heterocycles. The van der Waals surface area contributed by atoms with Gasteiger partial charge in [0.2, 0.25) is 0 Å². The zero-order valence-corrected chi connectivity index (χ0v) is 25.5. The molecule has 4 aromatic rings. The third-order valence-corrected chi connectivity index (χ3v) is 10.5. The summed E-state index contributed by atoms with van der Waals surface area (Å²) in [6.45, 7) is 7.58. The summed E-state index contributed by atoms with van der Waals surface area (Å²) in [4.78, 5) is 24.7. The van der Waals surface area contributed by atoms with Gasteiger partial charge in [0.25, 0.3) is 0 Å². The predicted molar refractivity (Wildman–Crippen MR) is 166 cm³/mol. The summed E-state index contributed by atoms with van der Waals surface area (Å²) in [6.07, 6.45) is -0.745. The summed E-state index contributed by atoms with van der Waals surface area (Å²) < 4.78 is 63.2. The molecule has 2 aromatic heterocycles. The van der Waals surface area contributed by atoms with Crippen LogP contribution in [-0.2, 0) is 13.2 Å². The lowest BCUT2D eigenvalue weighted by Crippen LogP contribution is -2.50. The number of rotatable bonds is 6. The minimum atomic E-state index is -4.77. The van der Waals surface area contributed by atoms with E-state index in [4.69, 9.17) is 0 Å². The van der Waals surface area contributed by atoms with E-state index in [1.165, 1.54) is 40.8 Å². The monoisotopic (exact) mass is 643 g/mol. The van der Waals surface area contributed by atoms with E-state index in [9.17, 15) is 14.3 Å². The predicted octanol–water partition coefficient (Wildman–Crippen LogP) is 4.48. The van der Waals surface area contributed by atoms with Gasteiger partial charge < -0.3 is 14.9 Å². The van der Waals surface area contributed by atoms with E-state index in [1.54, 1.807) is 16.5 Å². The fraction of sp³-hybridized carbons (Fsp3) is 0.452. The Bertz CT molecular complexity index is 1860. The quantitative estimate of drug-likeness (QED) is 0.244. The molecule has 5 heterocycles. The Morgan fingerprint density at radius 3 is 2.53 bits per heavy atom. The van der Waals surface area contributed by atoms with E-state index >= 15 is 13.2 Å². The Morgan fingerprint density at radius 2 is 1.84 bits per heavy atom. The molecule has 0 bridgehead atoms. The standard InChI is InChI=1S/C31H33F4N7O2S/c1-3-24(43)40-10-12-41(13-11-40)29-20-14-22(31(33,34)35)25(19-6-7-23(32)21-15-36-38(2)26(19)21)28-27(20)42(30(44)37-29)18(17-45-28)16-39-8-4-5-9-39/h3,6-7,14-15,18,24,43H,1,4-5,8-13,16-17H2,2H3. The Morgan fingerprint density at radius 1 is 1.11 bits per heavy atom. The first-order valence-corrected chi connectivity index (χ1v) is 16.0. The molecule has 2 unspecified atom stereocenters. The fourth-order valence-corrected chi connectivity index (χ4v) is 8.35. The number of piperazine rings is 1. The number of benzene rings is 2. The molecule has 0 spiro atoms. The van der Waals surface area contributed by atoms with Crippen LogP contribution in [0.3, 0.4) is 0 Å². The number of halogens is 4. The number of alkyl halides is 3. The summed E-state index contributed by atoms with van der Waals surface area (Å²) in [6, 6.07) is 3.37. The minimum Gasteiger partial charge on any atom is -0.375 e. The van der Waals surface area contributed by atoms with Gasteiger partial charge in [0.1, 0.15) is 17.9 Å². The number of nitrogens with zero attached hydrogens (tertiary/aromatic N) is 7. The van der Waals surface area contributed by atoms with Crippen LogP contribution in [0.5, 0.6) is 0 Å². The number of fused-ring (bicyclic) bond motifs is 1. The first kappa shape index (κ1) is 30.2. The van der Waals surface area contributed by atoms with Gasteiger partial charge in [-0.05, 0) is 50.2 Å². The zero-order valence-electron chi connectivity index (χ0n) is 24.7. The van der Waals surface area contributed by atoms with Crippen molar-refractivity contribution in [3.05, 3.63) is 58.9 Å². The second kappa shape index (κ2) is 11.4. The van der Waals surface area contributed by atoms with Crippen LogP contribution < -0.4 is 10.6 Å². The third kappa shape index (κ3) is 5.11. The Balaban J connectivity index is 1.50. The average molecular weight is 644 g/mol. The number of hydrogen-bond acceptors (Lipinski definition) is 8. The number of aromatic nitrogens is 4. The highest BCUT2D eigenvalue weighted by Crippen LogP contribution is 2.51. The van der Waals surface area contributed by atoms with Crippen LogP contribution in [0.2, 0.25) is 0 Å². The van der Waals surface area contributed by atoms with Crippen molar-refractivity contribution in [2.45, 2.75) is 36.2 Å². The van der Waals surface area contributed by atoms with Crippen LogP contribution in [0, 0.1) is 5.82 Å². The van der Waals surface area contributed by atoms with Crippen molar-refractivity contribution >= 4 is 39.4 Å². The van der Waals surface area contributed by atoms with Crippen LogP contribution >= 0.6 is 11.8 Å². The molecule has 2 atom stereocenters. The molecule has 7 rings (SSSR count). The lowest BCUT2D eigenvalue weighted by Gasteiger charge is -2.38. The lowest BCUT2D eigenvalue weighted by atomic mass is 9.94. The van der Waals surface area contributed by atoms with Crippen LogP contribution in [0.15, 0.2) is 46.7 Å². The Kier molecular flexibility index (Phi) is 7.66. The summed E-state index contributed by atoms with van der Waals surface area (Å²) in [5, 5.41) is 14.8. The molecule has 0 radical (unpaired) electrons. The van der Waals surface area contributed by atoms with Crippen molar-refractivity contribution in [3.8, 4) is 11.1 Å². The minimum absolute atomic E-state index is 0.0857. The maximum Gasteiger partial charge on any atom is 0.417 e. The zero-order chi connectivity index (χ0) is 31.6. The first-order chi connectivity index (χ1) is 21.6. The summed E-state index contributed by atoms with van der Waals surface area (Å²) >= 11 is 1.31. The highest BCUT2D eigenvalue weighted by atomic mass is 32.2. The molecular formula is C31H33F4N7O2S. The maximum absolute atomic E-state index is 15.1. The highest BCUT2D eigenvalue weighted by Gasteiger charge is 2.40. The average Bonchev–Trinajstić information content (AvgIpc) is 3.69.